The van der Waals surface area contributed by atoms with Crippen LogP contribution in [0.25, 0.3) is 0 Å². The topological polar surface area (TPSA) is 55.8 Å². The van der Waals surface area contributed by atoms with Crippen molar-refractivity contribution in [1.82, 2.24) is 0 Å². The van der Waals surface area contributed by atoms with Gasteiger partial charge in [-0.15, -0.1) is 11.8 Å². The van der Waals surface area contributed by atoms with Crippen LogP contribution in [0.4, 0.5) is 0 Å². The molecule has 0 aliphatic carbocycles. The number of hydrogen-bond acceptors (Lipinski definition) is 4. The highest BCUT2D eigenvalue weighted by Gasteiger charge is 2.11. The molecule has 5 heteroatoms. The second kappa shape index (κ2) is 5.12. The van der Waals surface area contributed by atoms with Gasteiger partial charge < -0.3 is 14.6 Å². The van der Waals surface area contributed by atoms with E-state index >= 15 is 0 Å². The van der Waals surface area contributed by atoms with E-state index in [0.29, 0.717) is 19.0 Å². The summed E-state index contributed by atoms with van der Waals surface area (Å²) in [5.74, 6) is 1.29. The zero-order valence-electron chi connectivity index (χ0n) is 8.64. The van der Waals surface area contributed by atoms with Crippen molar-refractivity contribution in [2.24, 2.45) is 0 Å². The number of aliphatic carboxylic acids is 1. The molecule has 1 heterocycles. The molecule has 1 N–H and O–H groups in total. The van der Waals surface area contributed by atoms with Crippen LogP contribution in [-0.2, 0) is 4.79 Å². The molecule has 86 valence electrons. The number of carboxylic acid groups (broad SMARTS) is 1. The van der Waals surface area contributed by atoms with Gasteiger partial charge in [0.15, 0.2) is 11.5 Å². The Kier molecular flexibility index (Phi) is 3.56. The minimum Gasteiger partial charge on any atom is -0.486 e. The maximum Gasteiger partial charge on any atom is 0.304 e. The summed E-state index contributed by atoms with van der Waals surface area (Å²) >= 11 is 1.51. The van der Waals surface area contributed by atoms with E-state index in [4.69, 9.17) is 14.6 Å². The van der Waals surface area contributed by atoms with Crippen LogP contribution in [0.2, 0.25) is 0 Å². The van der Waals surface area contributed by atoms with Gasteiger partial charge in [-0.05, 0) is 18.2 Å². The van der Waals surface area contributed by atoms with E-state index in [9.17, 15) is 4.79 Å². The second-order valence-corrected chi connectivity index (χ2v) is 4.47. The summed E-state index contributed by atoms with van der Waals surface area (Å²) < 4.78 is 10.8. The quantitative estimate of drug-likeness (QED) is 0.816. The number of thioether (sulfide) groups is 1. The first-order valence-electron chi connectivity index (χ1n) is 5.00. The van der Waals surface area contributed by atoms with Gasteiger partial charge >= 0.3 is 5.97 Å². The van der Waals surface area contributed by atoms with Crippen molar-refractivity contribution in [2.45, 2.75) is 11.3 Å². The third-order valence-corrected chi connectivity index (χ3v) is 3.09. The minimum absolute atomic E-state index is 0.166. The average Bonchev–Trinajstić information content (AvgIpc) is 2.28. The summed E-state index contributed by atoms with van der Waals surface area (Å²) in [7, 11) is 0. The molecule has 0 atom stereocenters. The van der Waals surface area contributed by atoms with E-state index in [1.165, 1.54) is 11.8 Å². The molecule has 0 fully saturated rings. The lowest BCUT2D eigenvalue weighted by atomic mass is 10.3. The van der Waals surface area contributed by atoms with Crippen molar-refractivity contribution in [3.8, 4) is 11.5 Å². The van der Waals surface area contributed by atoms with Crippen molar-refractivity contribution in [1.29, 1.82) is 0 Å². The normalized spacial score (nSPS) is 13.5. The highest BCUT2D eigenvalue weighted by atomic mass is 32.2. The molecule has 0 amide bonds. The van der Waals surface area contributed by atoms with Crippen LogP contribution in [0, 0.1) is 0 Å². The van der Waals surface area contributed by atoms with E-state index in [1.807, 2.05) is 18.2 Å². The zero-order valence-corrected chi connectivity index (χ0v) is 9.46. The van der Waals surface area contributed by atoms with Gasteiger partial charge in [-0.2, -0.15) is 0 Å². The largest absolute Gasteiger partial charge is 0.486 e. The van der Waals surface area contributed by atoms with Gasteiger partial charge in [0.25, 0.3) is 0 Å². The van der Waals surface area contributed by atoms with Crippen molar-refractivity contribution in [3.05, 3.63) is 18.2 Å². The van der Waals surface area contributed by atoms with E-state index in [1.54, 1.807) is 0 Å². The Hall–Kier alpha value is -1.36. The monoisotopic (exact) mass is 240 g/mol. The number of carboxylic acids is 1. The molecule has 0 saturated carbocycles. The molecule has 4 nitrogen and oxygen atoms in total. The lowest BCUT2D eigenvalue weighted by molar-refractivity contribution is -0.136. The Morgan fingerprint density at radius 1 is 1.31 bits per heavy atom. The van der Waals surface area contributed by atoms with Gasteiger partial charge in [0, 0.05) is 10.6 Å². The predicted molar refractivity (Wildman–Crippen MR) is 60.4 cm³/mol. The average molecular weight is 240 g/mol. The molecule has 0 saturated heterocycles. The molecule has 1 aromatic carbocycles. The van der Waals surface area contributed by atoms with E-state index in [0.717, 1.165) is 16.4 Å². The third kappa shape index (κ3) is 2.82. The predicted octanol–water partition coefficient (Wildman–Crippen LogP) is 2.02. The SMILES string of the molecule is O=C(O)CCSc1ccc2c(c1)OCCO2. The molecule has 0 bridgehead atoms. The third-order valence-electron chi connectivity index (χ3n) is 2.10. The van der Waals surface area contributed by atoms with E-state index < -0.39 is 5.97 Å². The smallest absolute Gasteiger partial charge is 0.304 e. The first kappa shape index (κ1) is 11.1. The summed E-state index contributed by atoms with van der Waals surface area (Å²) in [4.78, 5) is 11.4. The van der Waals surface area contributed by atoms with Crippen LogP contribution in [-0.4, -0.2) is 30.0 Å². The molecule has 1 aliphatic rings. The second-order valence-electron chi connectivity index (χ2n) is 3.30. The molecule has 0 aromatic heterocycles. The number of rotatable bonds is 4. The molecule has 0 radical (unpaired) electrons. The van der Waals surface area contributed by atoms with Gasteiger partial charge in [-0.3, -0.25) is 4.79 Å². The molecule has 0 unspecified atom stereocenters. The van der Waals surface area contributed by atoms with Gasteiger partial charge in [0.05, 0.1) is 6.42 Å². The summed E-state index contributed by atoms with van der Waals surface area (Å²) in [6, 6.07) is 5.67. The summed E-state index contributed by atoms with van der Waals surface area (Å²) in [5.41, 5.74) is 0. The van der Waals surface area contributed by atoms with Crippen LogP contribution < -0.4 is 9.47 Å². The van der Waals surface area contributed by atoms with Crippen molar-refractivity contribution in [3.63, 3.8) is 0 Å². The molecule has 0 spiro atoms. The number of benzene rings is 1. The van der Waals surface area contributed by atoms with Gasteiger partial charge in [0.2, 0.25) is 0 Å². The number of ether oxygens (including phenoxy) is 2. The molecule has 16 heavy (non-hydrogen) atoms. The fourth-order valence-corrected chi connectivity index (χ4v) is 2.24. The maximum atomic E-state index is 10.4. The fraction of sp³-hybridized carbons (Fsp3) is 0.364. The number of carbonyl (C=O) groups is 1. The first-order valence-corrected chi connectivity index (χ1v) is 5.98. The Morgan fingerprint density at radius 3 is 2.81 bits per heavy atom. The molecular formula is C11H12O4S. The molecular weight excluding hydrogens is 228 g/mol. The lowest BCUT2D eigenvalue weighted by Crippen LogP contribution is -2.15. The van der Waals surface area contributed by atoms with Crippen molar-refractivity contribution < 1.29 is 19.4 Å². The van der Waals surface area contributed by atoms with Crippen LogP contribution in [0.1, 0.15) is 6.42 Å². The molecule has 1 aromatic rings. The summed E-state index contributed by atoms with van der Waals surface area (Å²) in [6.07, 6.45) is 0.166. The van der Waals surface area contributed by atoms with Crippen LogP contribution >= 0.6 is 11.8 Å². The Morgan fingerprint density at radius 2 is 2.06 bits per heavy atom. The van der Waals surface area contributed by atoms with Gasteiger partial charge in [0.1, 0.15) is 13.2 Å². The summed E-state index contributed by atoms with van der Waals surface area (Å²) in [5, 5.41) is 8.53. The van der Waals surface area contributed by atoms with Crippen LogP contribution in [0.15, 0.2) is 23.1 Å². The lowest BCUT2D eigenvalue weighted by Gasteiger charge is -2.18. The highest BCUT2D eigenvalue weighted by molar-refractivity contribution is 7.99. The first-order chi connectivity index (χ1) is 7.75. The minimum atomic E-state index is -0.773. The van der Waals surface area contributed by atoms with Gasteiger partial charge in [-0.1, -0.05) is 0 Å². The number of hydrogen-bond donors (Lipinski definition) is 1. The molecule has 2 rings (SSSR count). The van der Waals surface area contributed by atoms with E-state index in [2.05, 4.69) is 0 Å². The van der Waals surface area contributed by atoms with E-state index in [-0.39, 0.29) is 6.42 Å². The fourth-order valence-electron chi connectivity index (χ4n) is 1.37. The summed E-state index contributed by atoms with van der Waals surface area (Å²) in [6.45, 7) is 1.15. The van der Waals surface area contributed by atoms with Gasteiger partial charge in [-0.25, -0.2) is 0 Å². The standard InChI is InChI=1S/C11H12O4S/c12-11(13)3-6-16-8-1-2-9-10(7-8)15-5-4-14-9/h1-2,7H,3-6H2,(H,12,13). The number of fused-ring (bicyclic) bond motifs is 1. The van der Waals surface area contributed by atoms with Crippen molar-refractivity contribution >= 4 is 17.7 Å². The zero-order chi connectivity index (χ0) is 11.4. The maximum absolute atomic E-state index is 10.4. The molecule has 1 aliphatic heterocycles. The van der Waals surface area contributed by atoms with Crippen LogP contribution in [0.5, 0.6) is 11.5 Å². The van der Waals surface area contributed by atoms with Crippen molar-refractivity contribution in [2.75, 3.05) is 19.0 Å². The highest BCUT2D eigenvalue weighted by Crippen LogP contribution is 2.34. The Bertz CT molecular complexity index is 392. The Labute approximate surface area is 97.6 Å². The Balaban J connectivity index is 1.97. The van der Waals surface area contributed by atoms with Crippen LogP contribution in [0.3, 0.4) is 0 Å².